The second-order valence-corrected chi connectivity index (χ2v) is 1.67. The predicted molar refractivity (Wildman–Crippen MR) is 30.2 cm³/mol. The maximum atomic E-state index is 8.62. The minimum Gasteiger partial charge on any atom is -0.411 e. The van der Waals surface area contributed by atoms with Gasteiger partial charge in [0.15, 0.2) is 4.64 Å². The Bertz CT molecular complexity index is 231. The average Bonchev–Trinajstić information content (AvgIpc) is 1.77. The molecule has 8 heavy (non-hydrogen) atoms. The first-order chi connectivity index (χ1) is 3.80. The smallest absolute Gasteiger partial charge is 0.163 e. The molecule has 0 saturated heterocycles. The highest BCUT2D eigenvalue weighted by Crippen LogP contribution is 1.82. The Morgan fingerprint density at radius 3 is 2.88 bits per heavy atom. The predicted octanol–water partition coefficient (Wildman–Crippen LogP) is 0.850. The number of rotatable bonds is 0. The Morgan fingerprint density at radius 2 is 2.50 bits per heavy atom. The molecule has 0 aromatic carbocycles. The zero-order valence-electron chi connectivity index (χ0n) is 3.98. The van der Waals surface area contributed by atoms with Crippen LogP contribution in [0.3, 0.4) is 0 Å². The third-order valence-corrected chi connectivity index (χ3v) is 0.997. The third kappa shape index (κ3) is 0.840. The number of hydrogen-bond acceptors (Lipinski definition) is 3. The molecular weight excluding hydrogens is 124 g/mol. The lowest BCUT2D eigenvalue weighted by atomic mass is 10.6. The molecule has 0 saturated carbocycles. The highest BCUT2D eigenvalue weighted by Gasteiger charge is 1.79. The van der Waals surface area contributed by atoms with E-state index >= 15 is 0 Å². The van der Waals surface area contributed by atoms with Crippen molar-refractivity contribution in [2.75, 3.05) is 0 Å². The number of aromatic nitrogens is 2. The summed E-state index contributed by atoms with van der Waals surface area (Å²) in [7, 11) is 0. The molecule has 3 nitrogen and oxygen atoms in total. The van der Waals surface area contributed by atoms with E-state index in [0.29, 0.717) is 9.49 Å². The van der Waals surface area contributed by atoms with Gasteiger partial charge in [-0.3, -0.25) is 0 Å². The van der Waals surface area contributed by atoms with E-state index in [2.05, 4.69) is 17.3 Å². The van der Waals surface area contributed by atoms with Crippen molar-refractivity contribution >= 4 is 12.2 Å². The van der Waals surface area contributed by atoms with Crippen LogP contribution in [0.15, 0.2) is 18.3 Å². The Balaban J connectivity index is 3.35. The van der Waals surface area contributed by atoms with Gasteiger partial charge < -0.3 is 5.21 Å². The Hall–Kier alpha value is -0.900. The molecular formula is C4H4N2OS. The lowest BCUT2D eigenvalue weighted by Gasteiger charge is -1.88. The van der Waals surface area contributed by atoms with E-state index in [1.54, 1.807) is 12.1 Å². The average molecular weight is 128 g/mol. The Labute approximate surface area is 51.2 Å². The highest BCUT2D eigenvalue weighted by molar-refractivity contribution is 7.71. The fourth-order valence-corrected chi connectivity index (χ4v) is 0.476. The van der Waals surface area contributed by atoms with E-state index in [4.69, 9.17) is 5.21 Å². The van der Waals surface area contributed by atoms with Crippen LogP contribution in [0.5, 0.6) is 0 Å². The first kappa shape index (κ1) is 5.24. The van der Waals surface area contributed by atoms with Crippen molar-refractivity contribution in [1.82, 2.24) is 9.94 Å². The van der Waals surface area contributed by atoms with E-state index in [1.165, 1.54) is 6.20 Å². The van der Waals surface area contributed by atoms with Crippen LogP contribution in [-0.2, 0) is 0 Å². The molecule has 0 spiro atoms. The minimum atomic E-state index is 0.313. The second-order valence-electron chi connectivity index (χ2n) is 1.25. The van der Waals surface area contributed by atoms with Gasteiger partial charge in [0.2, 0.25) is 0 Å². The summed E-state index contributed by atoms with van der Waals surface area (Å²) in [5, 5.41) is 12.1. The van der Waals surface area contributed by atoms with Gasteiger partial charge >= 0.3 is 0 Å². The van der Waals surface area contributed by atoms with Gasteiger partial charge in [0, 0.05) is 0 Å². The molecule has 1 N–H and O–H groups in total. The van der Waals surface area contributed by atoms with Crippen molar-refractivity contribution in [2.45, 2.75) is 0 Å². The van der Waals surface area contributed by atoms with Crippen LogP contribution in [-0.4, -0.2) is 15.2 Å². The monoisotopic (exact) mass is 128 g/mol. The molecule has 1 aromatic heterocycles. The first-order valence-electron chi connectivity index (χ1n) is 2.04. The molecule has 0 aliphatic carbocycles. The van der Waals surface area contributed by atoms with E-state index in [-0.39, 0.29) is 0 Å². The first-order valence-corrected chi connectivity index (χ1v) is 2.45. The largest absolute Gasteiger partial charge is 0.411 e. The molecule has 0 aliphatic rings. The highest BCUT2D eigenvalue weighted by atomic mass is 32.1. The van der Waals surface area contributed by atoms with Gasteiger partial charge in [-0.1, -0.05) is 17.1 Å². The topological polar surface area (TPSA) is 38.0 Å². The molecule has 0 bridgehead atoms. The zero-order valence-corrected chi connectivity index (χ0v) is 4.80. The van der Waals surface area contributed by atoms with Gasteiger partial charge in [-0.15, -0.1) is 5.10 Å². The van der Waals surface area contributed by atoms with Gasteiger partial charge in [0.05, 0.1) is 6.20 Å². The molecule has 0 amide bonds. The van der Waals surface area contributed by atoms with Crippen molar-refractivity contribution in [1.29, 1.82) is 0 Å². The molecule has 0 aliphatic heterocycles. The van der Waals surface area contributed by atoms with Crippen LogP contribution in [0.2, 0.25) is 0 Å². The van der Waals surface area contributed by atoms with E-state index in [1.807, 2.05) is 0 Å². The van der Waals surface area contributed by atoms with Gasteiger partial charge in [0.1, 0.15) is 0 Å². The maximum absolute atomic E-state index is 8.62. The van der Waals surface area contributed by atoms with Crippen molar-refractivity contribution in [3.8, 4) is 0 Å². The molecule has 0 atom stereocenters. The molecule has 1 rings (SSSR count). The fourth-order valence-electron chi connectivity index (χ4n) is 0.351. The summed E-state index contributed by atoms with van der Waals surface area (Å²) >= 11 is 4.60. The summed E-state index contributed by atoms with van der Waals surface area (Å²) in [4.78, 5) is 0.648. The van der Waals surface area contributed by atoms with Crippen molar-refractivity contribution in [2.24, 2.45) is 0 Å². The summed E-state index contributed by atoms with van der Waals surface area (Å²) in [6.07, 6.45) is 1.45. The normalized spacial score (nSPS) is 9.00. The van der Waals surface area contributed by atoms with Crippen molar-refractivity contribution in [3.63, 3.8) is 0 Å². The van der Waals surface area contributed by atoms with Gasteiger partial charge in [-0.2, -0.15) is 0 Å². The number of hydrogen-bond donors (Lipinski definition) is 1. The van der Waals surface area contributed by atoms with Gasteiger partial charge in [0.25, 0.3) is 0 Å². The lowest BCUT2D eigenvalue weighted by Crippen LogP contribution is -1.96. The maximum Gasteiger partial charge on any atom is 0.163 e. The Morgan fingerprint density at radius 1 is 1.75 bits per heavy atom. The fraction of sp³-hybridized carbons (Fsp3) is 0. The lowest BCUT2D eigenvalue weighted by molar-refractivity contribution is 0.139. The molecule has 0 radical (unpaired) electrons. The Kier molecular flexibility index (Phi) is 1.26. The van der Waals surface area contributed by atoms with Crippen LogP contribution < -0.4 is 0 Å². The SMILES string of the molecule is On1ncccc1=S. The minimum absolute atomic E-state index is 0.313. The molecule has 1 aromatic rings. The second kappa shape index (κ2) is 1.92. The van der Waals surface area contributed by atoms with Gasteiger partial charge in [-0.05, 0) is 12.1 Å². The van der Waals surface area contributed by atoms with Crippen molar-refractivity contribution in [3.05, 3.63) is 23.0 Å². The molecule has 42 valence electrons. The molecule has 1 heterocycles. The zero-order chi connectivity index (χ0) is 5.98. The molecule has 0 fully saturated rings. The molecule has 4 heteroatoms. The van der Waals surface area contributed by atoms with E-state index < -0.39 is 0 Å². The van der Waals surface area contributed by atoms with Crippen molar-refractivity contribution < 1.29 is 5.21 Å². The summed E-state index contributed by atoms with van der Waals surface area (Å²) in [5.41, 5.74) is 0. The number of nitrogens with zero attached hydrogens (tertiary/aromatic N) is 2. The van der Waals surface area contributed by atoms with Crippen LogP contribution in [0.25, 0.3) is 0 Å². The summed E-state index contributed by atoms with van der Waals surface area (Å²) in [6, 6.07) is 3.25. The summed E-state index contributed by atoms with van der Waals surface area (Å²) in [6.45, 7) is 0. The molecule has 0 unspecified atom stereocenters. The third-order valence-electron chi connectivity index (χ3n) is 0.698. The van der Waals surface area contributed by atoms with Crippen LogP contribution in [0, 0.1) is 4.64 Å². The van der Waals surface area contributed by atoms with Crippen LogP contribution in [0.1, 0.15) is 0 Å². The van der Waals surface area contributed by atoms with E-state index in [0.717, 1.165) is 0 Å². The van der Waals surface area contributed by atoms with Crippen LogP contribution in [0.4, 0.5) is 0 Å². The summed E-state index contributed by atoms with van der Waals surface area (Å²) < 4.78 is 0.313. The van der Waals surface area contributed by atoms with E-state index in [9.17, 15) is 0 Å². The van der Waals surface area contributed by atoms with Gasteiger partial charge in [-0.25, -0.2) is 0 Å². The van der Waals surface area contributed by atoms with Crippen LogP contribution >= 0.6 is 12.2 Å². The summed E-state index contributed by atoms with van der Waals surface area (Å²) in [5.74, 6) is 0. The quantitative estimate of drug-likeness (QED) is 0.416. The standard InChI is InChI=1S/C4H4N2OS/c7-6-4(8)2-1-3-5-6/h1-3,7H.